The van der Waals surface area contributed by atoms with Crippen LogP contribution in [-0.4, -0.2) is 17.0 Å². The maximum Gasteiger partial charge on any atom is 0.339 e. The Bertz CT molecular complexity index is 988. The molecule has 3 rings (SSSR count). The molecule has 1 atom stereocenters. The second-order valence-corrected chi connectivity index (χ2v) is 6.73. The summed E-state index contributed by atoms with van der Waals surface area (Å²) in [5.41, 5.74) is 0.925. The molecule has 0 aliphatic carbocycles. The summed E-state index contributed by atoms with van der Waals surface area (Å²) in [6.45, 7) is 0. The van der Waals surface area contributed by atoms with Crippen molar-refractivity contribution in [2.75, 3.05) is 5.32 Å². The highest BCUT2D eigenvalue weighted by Gasteiger charge is 2.25. The van der Waals surface area contributed by atoms with Gasteiger partial charge >= 0.3 is 5.97 Å². The van der Waals surface area contributed by atoms with Crippen molar-refractivity contribution in [3.05, 3.63) is 94.0 Å². The van der Waals surface area contributed by atoms with E-state index in [0.717, 1.165) is 0 Å². The van der Waals surface area contributed by atoms with Crippen molar-refractivity contribution in [3.8, 4) is 5.75 Å². The summed E-state index contributed by atoms with van der Waals surface area (Å²) < 4.78 is 5.83. The zero-order valence-corrected chi connectivity index (χ0v) is 15.9. The monoisotopic (exact) mass is 415 g/mol. The van der Waals surface area contributed by atoms with Gasteiger partial charge in [0, 0.05) is 21.3 Å². The summed E-state index contributed by atoms with van der Waals surface area (Å²) >= 11 is 12.0. The van der Waals surface area contributed by atoms with E-state index < -0.39 is 18.0 Å². The van der Waals surface area contributed by atoms with Crippen molar-refractivity contribution in [1.82, 2.24) is 0 Å². The smallest absolute Gasteiger partial charge is 0.339 e. The third-order valence-corrected chi connectivity index (χ3v) is 4.27. The molecule has 0 heterocycles. The van der Waals surface area contributed by atoms with E-state index in [9.17, 15) is 14.7 Å². The molecular weight excluding hydrogens is 401 g/mol. The van der Waals surface area contributed by atoms with E-state index in [0.29, 0.717) is 21.3 Å². The van der Waals surface area contributed by atoms with Gasteiger partial charge in [0.2, 0.25) is 6.10 Å². The number of halogens is 2. The average Bonchev–Trinajstić information content (AvgIpc) is 2.66. The Morgan fingerprint density at radius 3 is 2.14 bits per heavy atom. The molecule has 0 radical (unpaired) electrons. The molecule has 0 fully saturated rings. The van der Waals surface area contributed by atoms with Gasteiger partial charge in [-0.1, -0.05) is 65.7 Å². The van der Waals surface area contributed by atoms with Gasteiger partial charge in [0.1, 0.15) is 11.3 Å². The zero-order chi connectivity index (χ0) is 20.1. The quantitative estimate of drug-likeness (QED) is 0.560. The van der Waals surface area contributed by atoms with Gasteiger partial charge in [-0.2, -0.15) is 0 Å². The van der Waals surface area contributed by atoms with Crippen molar-refractivity contribution in [3.63, 3.8) is 0 Å². The van der Waals surface area contributed by atoms with E-state index in [1.54, 1.807) is 60.7 Å². The number of rotatable bonds is 6. The molecule has 142 valence electrons. The number of para-hydroxylation sites is 1. The highest BCUT2D eigenvalue weighted by molar-refractivity contribution is 6.35. The zero-order valence-electron chi connectivity index (χ0n) is 14.4. The second kappa shape index (κ2) is 8.78. The Labute approximate surface area is 171 Å². The molecule has 0 aromatic heterocycles. The Morgan fingerprint density at radius 2 is 1.50 bits per heavy atom. The number of carboxylic acids is 1. The molecule has 0 saturated carbocycles. The molecule has 3 aromatic rings. The number of benzene rings is 3. The van der Waals surface area contributed by atoms with Gasteiger partial charge < -0.3 is 15.2 Å². The maximum atomic E-state index is 13.0. The highest BCUT2D eigenvalue weighted by atomic mass is 35.5. The second-order valence-electron chi connectivity index (χ2n) is 5.86. The first-order valence-electron chi connectivity index (χ1n) is 8.25. The summed E-state index contributed by atoms with van der Waals surface area (Å²) in [5, 5.41) is 12.8. The molecule has 0 saturated heterocycles. The first-order chi connectivity index (χ1) is 13.4. The third kappa shape index (κ3) is 4.82. The van der Waals surface area contributed by atoms with Gasteiger partial charge in [-0.15, -0.1) is 0 Å². The molecule has 0 bridgehead atoms. The number of carbonyl (C=O) groups excluding carboxylic acids is 1. The van der Waals surface area contributed by atoms with E-state index in [2.05, 4.69) is 5.32 Å². The highest BCUT2D eigenvalue weighted by Crippen LogP contribution is 2.28. The first kappa shape index (κ1) is 19.7. The lowest BCUT2D eigenvalue weighted by Crippen LogP contribution is -2.26. The minimum absolute atomic E-state index is 0.0398. The van der Waals surface area contributed by atoms with Crippen molar-refractivity contribution >= 4 is 40.8 Å². The lowest BCUT2D eigenvalue weighted by atomic mass is 10.1. The Kier molecular flexibility index (Phi) is 6.19. The van der Waals surface area contributed by atoms with Gasteiger partial charge in [0.15, 0.2) is 0 Å². The van der Waals surface area contributed by atoms with Crippen LogP contribution in [0.25, 0.3) is 0 Å². The maximum absolute atomic E-state index is 13.0. The number of hydrogen-bond donors (Lipinski definition) is 2. The van der Waals surface area contributed by atoms with Crippen LogP contribution in [0.5, 0.6) is 5.75 Å². The molecule has 1 amide bonds. The van der Waals surface area contributed by atoms with Gasteiger partial charge in [-0.3, -0.25) is 4.79 Å². The standard InChI is InChI=1S/C21H15Cl2NO4/c22-14-10-15(23)12-16(11-14)24-20(25)19(13-6-2-1-3-7-13)28-18-9-5-4-8-17(18)21(26)27/h1-12,19H,(H,24,25)(H,26,27)/t19-/m0/s1. The van der Waals surface area contributed by atoms with E-state index >= 15 is 0 Å². The number of hydrogen-bond acceptors (Lipinski definition) is 3. The van der Waals surface area contributed by atoms with Crippen molar-refractivity contribution in [2.45, 2.75) is 6.10 Å². The average molecular weight is 416 g/mol. The minimum atomic E-state index is -1.15. The fourth-order valence-corrected chi connectivity index (χ4v) is 3.13. The lowest BCUT2D eigenvalue weighted by Gasteiger charge is -2.20. The Balaban J connectivity index is 1.94. The molecule has 2 N–H and O–H groups in total. The van der Waals surface area contributed by atoms with Crippen LogP contribution in [0.4, 0.5) is 5.69 Å². The van der Waals surface area contributed by atoms with Gasteiger partial charge in [0.05, 0.1) is 0 Å². The van der Waals surface area contributed by atoms with Crippen molar-refractivity contribution in [2.24, 2.45) is 0 Å². The van der Waals surface area contributed by atoms with E-state index in [1.807, 2.05) is 0 Å². The topological polar surface area (TPSA) is 75.6 Å². The van der Waals surface area contributed by atoms with E-state index in [-0.39, 0.29) is 11.3 Å². The predicted octanol–water partition coefficient (Wildman–Crippen LogP) is 5.45. The number of carbonyl (C=O) groups is 2. The minimum Gasteiger partial charge on any atom is -0.478 e. The third-order valence-electron chi connectivity index (χ3n) is 3.83. The Hall–Kier alpha value is -3.02. The lowest BCUT2D eigenvalue weighted by molar-refractivity contribution is -0.123. The van der Waals surface area contributed by atoms with Gasteiger partial charge in [-0.25, -0.2) is 4.79 Å². The summed E-state index contributed by atoms with van der Waals surface area (Å²) in [6.07, 6.45) is -1.08. The fraction of sp³-hybridized carbons (Fsp3) is 0.0476. The fourth-order valence-electron chi connectivity index (χ4n) is 2.61. The van der Waals surface area contributed by atoms with Crippen LogP contribution in [0, 0.1) is 0 Å². The number of anilines is 1. The molecule has 3 aromatic carbocycles. The predicted molar refractivity (Wildman–Crippen MR) is 108 cm³/mol. The summed E-state index contributed by atoms with van der Waals surface area (Å²) in [4.78, 5) is 24.4. The Morgan fingerprint density at radius 1 is 0.893 bits per heavy atom. The largest absolute Gasteiger partial charge is 0.478 e. The first-order valence-corrected chi connectivity index (χ1v) is 9.00. The molecule has 28 heavy (non-hydrogen) atoms. The number of ether oxygens (including phenoxy) is 1. The van der Waals surface area contributed by atoms with Crippen molar-refractivity contribution < 1.29 is 19.4 Å². The van der Waals surface area contributed by atoms with Gasteiger partial charge in [-0.05, 0) is 30.3 Å². The summed E-state index contributed by atoms with van der Waals surface area (Å²) in [5.74, 6) is -1.56. The van der Waals surface area contributed by atoms with E-state index in [4.69, 9.17) is 27.9 Å². The van der Waals surface area contributed by atoms with Crippen LogP contribution >= 0.6 is 23.2 Å². The molecular formula is C21H15Cl2NO4. The molecule has 5 nitrogen and oxygen atoms in total. The summed E-state index contributed by atoms with van der Waals surface area (Å²) in [7, 11) is 0. The summed E-state index contributed by atoms with van der Waals surface area (Å²) in [6, 6.07) is 19.6. The number of aromatic carboxylic acids is 1. The number of amides is 1. The molecule has 0 spiro atoms. The number of nitrogens with one attached hydrogen (secondary N) is 1. The molecule has 7 heteroatoms. The number of carboxylic acid groups (broad SMARTS) is 1. The van der Waals surface area contributed by atoms with Crippen LogP contribution < -0.4 is 10.1 Å². The molecule has 0 aliphatic heterocycles. The molecule has 0 unspecified atom stereocenters. The van der Waals surface area contributed by atoms with Crippen LogP contribution in [0.3, 0.4) is 0 Å². The normalized spacial score (nSPS) is 11.5. The SMILES string of the molecule is O=C(O)c1ccccc1O[C@H](C(=O)Nc1cc(Cl)cc(Cl)c1)c1ccccc1. The van der Waals surface area contributed by atoms with Crippen LogP contribution in [0.2, 0.25) is 10.0 Å². The molecule has 0 aliphatic rings. The van der Waals surface area contributed by atoms with Crippen LogP contribution in [0.1, 0.15) is 22.0 Å². The van der Waals surface area contributed by atoms with Crippen LogP contribution in [-0.2, 0) is 4.79 Å². The van der Waals surface area contributed by atoms with Crippen molar-refractivity contribution in [1.29, 1.82) is 0 Å². The van der Waals surface area contributed by atoms with Gasteiger partial charge in [0.25, 0.3) is 5.91 Å². The van der Waals surface area contributed by atoms with E-state index in [1.165, 1.54) is 12.1 Å². The van der Waals surface area contributed by atoms with Crippen LogP contribution in [0.15, 0.2) is 72.8 Å².